The number of aromatic nitrogens is 1. The van der Waals surface area contributed by atoms with Crippen molar-refractivity contribution in [3.8, 4) is 5.75 Å². The Labute approximate surface area is 213 Å². The molecule has 0 spiro atoms. The summed E-state index contributed by atoms with van der Waals surface area (Å²) in [6, 6.07) is 15.9. The van der Waals surface area contributed by atoms with Crippen LogP contribution in [0.5, 0.6) is 5.75 Å². The van der Waals surface area contributed by atoms with Crippen molar-refractivity contribution in [3.63, 3.8) is 0 Å². The first kappa shape index (κ1) is 27.6. The van der Waals surface area contributed by atoms with Gasteiger partial charge in [0.15, 0.2) is 5.11 Å². The highest BCUT2D eigenvalue weighted by Crippen LogP contribution is 2.19. The maximum atomic E-state index is 12.8. The lowest BCUT2D eigenvalue weighted by atomic mass is 10.1. The fraction of sp³-hybridized carbons (Fsp3) is 0.385. The summed E-state index contributed by atoms with van der Waals surface area (Å²) in [5.74, 6) is 0.756. The van der Waals surface area contributed by atoms with E-state index in [9.17, 15) is 4.79 Å². The molecule has 0 saturated heterocycles. The molecule has 0 radical (unpaired) electrons. The standard InChI is InChI=1S/C26H34N4O2S.ClH/c1-5-19-8-10-22(11-9-19)27-26(33)30(15-14-29(6-2)7-3)18-21-16-20-17-23(32-4)12-13-24(20)28-25(21)31;/h8-13,16-17H,5-7,14-15,18H2,1-4H3,(H,27,33)(H,28,31);1H. The Bertz CT molecular complexity index is 1130. The highest BCUT2D eigenvalue weighted by atomic mass is 35.5. The number of methoxy groups -OCH3 is 1. The van der Waals surface area contributed by atoms with Gasteiger partial charge in [0.25, 0.3) is 5.56 Å². The molecule has 0 aliphatic carbocycles. The number of benzene rings is 2. The highest BCUT2D eigenvalue weighted by Gasteiger charge is 2.15. The van der Waals surface area contributed by atoms with Crippen LogP contribution < -0.4 is 15.6 Å². The third-order valence-electron chi connectivity index (χ3n) is 5.97. The fourth-order valence-corrected chi connectivity index (χ4v) is 4.03. The van der Waals surface area contributed by atoms with Crippen molar-refractivity contribution in [2.24, 2.45) is 0 Å². The molecule has 0 aliphatic heterocycles. The number of nitrogens with one attached hydrogen (secondary N) is 2. The molecule has 34 heavy (non-hydrogen) atoms. The molecule has 0 fully saturated rings. The first-order chi connectivity index (χ1) is 16.0. The zero-order valence-corrected chi connectivity index (χ0v) is 22.0. The van der Waals surface area contributed by atoms with Crippen molar-refractivity contribution in [2.45, 2.75) is 33.7 Å². The molecule has 3 rings (SSSR count). The van der Waals surface area contributed by atoms with Crippen molar-refractivity contribution in [1.29, 1.82) is 0 Å². The summed E-state index contributed by atoms with van der Waals surface area (Å²) >= 11 is 5.79. The van der Waals surface area contributed by atoms with Gasteiger partial charge < -0.3 is 24.8 Å². The molecule has 0 unspecified atom stereocenters. The lowest BCUT2D eigenvalue weighted by Crippen LogP contribution is -2.41. The summed E-state index contributed by atoms with van der Waals surface area (Å²) < 4.78 is 5.35. The molecule has 184 valence electrons. The third-order valence-corrected chi connectivity index (χ3v) is 6.33. The fourth-order valence-electron chi connectivity index (χ4n) is 3.76. The highest BCUT2D eigenvalue weighted by molar-refractivity contribution is 7.80. The number of hydrogen-bond donors (Lipinski definition) is 2. The maximum Gasteiger partial charge on any atom is 0.253 e. The summed E-state index contributed by atoms with van der Waals surface area (Å²) in [5.41, 5.74) is 3.58. The van der Waals surface area contributed by atoms with Crippen LogP contribution in [0, 0.1) is 0 Å². The molecule has 0 saturated carbocycles. The average molecular weight is 503 g/mol. The van der Waals surface area contributed by atoms with Gasteiger partial charge in [0.1, 0.15) is 5.75 Å². The van der Waals surface area contributed by atoms with Crippen LogP contribution >= 0.6 is 24.6 Å². The number of hydrogen-bond acceptors (Lipinski definition) is 4. The minimum absolute atomic E-state index is 0. The van der Waals surface area contributed by atoms with Crippen LogP contribution in [0.3, 0.4) is 0 Å². The van der Waals surface area contributed by atoms with Gasteiger partial charge in [-0.1, -0.05) is 32.9 Å². The van der Waals surface area contributed by atoms with Crippen LogP contribution in [0.15, 0.2) is 53.3 Å². The summed E-state index contributed by atoms with van der Waals surface area (Å²) in [6.45, 7) is 10.4. The number of halogens is 1. The van der Waals surface area contributed by atoms with E-state index in [1.165, 1.54) is 5.56 Å². The number of likely N-dealkylation sites (N-methyl/N-ethyl adjacent to an activating group) is 1. The SMILES string of the molecule is CCc1ccc(NC(=S)N(CCN(CC)CC)Cc2cc3cc(OC)ccc3[nH]c2=O)cc1.Cl. The first-order valence-corrected chi connectivity index (χ1v) is 11.9. The van der Waals surface area contributed by atoms with Crippen LogP contribution in [-0.2, 0) is 13.0 Å². The van der Waals surface area contributed by atoms with E-state index >= 15 is 0 Å². The number of thiocarbonyl (C=S) groups is 1. The van der Waals surface area contributed by atoms with Crippen molar-refractivity contribution < 1.29 is 4.74 Å². The Morgan fingerprint density at radius 1 is 1.03 bits per heavy atom. The Balaban J connectivity index is 0.00000408. The Kier molecular flexibility index (Phi) is 10.8. The minimum atomic E-state index is -0.101. The van der Waals surface area contributed by atoms with Gasteiger partial charge in [-0.05, 0) is 73.7 Å². The molecule has 0 aliphatic rings. The number of nitrogens with zero attached hydrogens (tertiary/aromatic N) is 2. The van der Waals surface area contributed by atoms with Crippen LogP contribution in [-0.4, -0.2) is 53.2 Å². The molecule has 3 aromatic rings. The Morgan fingerprint density at radius 3 is 2.35 bits per heavy atom. The van der Waals surface area contributed by atoms with Gasteiger partial charge in [0, 0.05) is 35.2 Å². The Morgan fingerprint density at radius 2 is 1.74 bits per heavy atom. The van der Waals surface area contributed by atoms with Crippen molar-refractivity contribution in [1.82, 2.24) is 14.8 Å². The van der Waals surface area contributed by atoms with E-state index in [1.54, 1.807) is 7.11 Å². The topological polar surface area (TPSA) is 60.6 Å². The quantitative estimate of drug-likeness (QED) is 0.378. The molecule has 1 heterocycles. The number of fused-ring (bicyclic) bond motifs is 1. The minimum Gasteiger partial charge on any atom is -0.497 e. The van der Waals surface area contributed by atoms with E-state index in [-0.39, 0.29) is 18.0 Å². The van der Waals surface area contributed by atoms with Gasteiger partial charge in [-0.15, -0.1) is 12.4 Å². The zero-order valence-electron chi connectivity index (χ0n) is 20.4. The predicted octanol–water partition coefficient (Wildman–Crippen LogP) is 5.06. The zero-order chi connectivity index (χ0) is 23.8. The van der Waals surface area contributed by atoms with Crippen molar-refractivity contribution in [2.75, 3.05) is 38.6 Å². The molecule has 0 amide bonds. The molecular formula is C26H35ClN4O2S. The summed E-state index contributed by atoms with van der Waals surface area (Å²) in [4.78, 5) is 20.2. The van der Waals surface area contributed by atoms with Gasteiger partial charge in [-0.2, -0.15) is 0 Å². The smallest absolute Gasteiger partial charge is 0.253 e. The van der Waals surface area contributed by atoms with Crippen molar-refractivity contribution in [3.05, 3.63) is 70.0 Å². The number of aromatic amines is 1. The molecule has 2 aromatic carbocycles. The number of aryl methyl sites for hydroxylation is 1. The van der Waals surface area contributed by atoms with Crippen LogP contribution in [0.2, 0.25) is 0 Å². The number of anilines is 1. The van der Waals surface area contributed by atoms with Crippen LogP contribution in [0.1, 0.15) is 31.9 Å². The molecule has 0 bridgehead atoms. The van der Waals surface area contributed by atoms with E-state index in [2.05, 4.69) is 53.0 Å². The molecule has 1 aromatic heterocycles. The largest absolute Gasteiger partial charge is 0.497 e. The van der Waals surface area contributed by atoms with E-state index in [4.69, 9.17) is 17.0 Å². The lowest BCUT2D eigenvalue weighted by Gasteiger charge is -2.29. The van der Waals surface area contributed by atoms with E-state index in [0.717, 1.165) is 54.9 Å². The molecule has 8 heteroatoms. The molecule has 0 atom stereocenters. The lowest BCUT2D eigenvalue weighted by molar-refractivity contribution is 0.266. The summed E-state index contributed by atoms with van der Waals surface area (Å²) in [6.07, 6.45) is 0.996. The van der Waals surface area contributed by atoms with Crippen LogP contribution in [0.25, 0.3) is 10.9 Å². The average Bonchev–Trinajstić information content (AvgIpc) is 2.84. The normalized spacial score (nSPS) is 10.7. The van der Waals surface area contributed by atoms with Gasteiger partial charge in [-0.3, -0.25) is 4.79 Å². The van der Waals surface area contributed by atoms with Crippen LogP contribution in [0.4, 0.5) is 5.69 Å². The summed E-state index contributed by atoms with van der Waals surface area (Å²) in [7, 11) is 1.64. The first-order valence-electron chi connectivity index (χ1n) is 11.5. The Hall–Kier alpha value is -2.61. The number of H-pyrrole nitrogens is 1. The number of ether oxygens (including phenoxy) is 1. The second-order valence-electron chi connectivity index (χ2n) is 8.01. The second-order valence-corrected chi connectivity index (χ2v) is 8.39. The van der Waals surface area contributed by atoms with E-state index in [0.29, 0.717) is 17.2 Å². The van der Waals surface area contributed by atoms with Gasteiger partial charge in [-0.25, -0.2) is 0 Å². The van der Waals surface area contributed by atoms with Gasteiger partial charge in [0.05, 0.1) is 13.7 Å². The van der Waals surface area contributed by atoms with Gasteiger partial charge in [0.2, 0.25) is 0 Å². The maximum absolute atomic E-state index is 12.8. The van der Waals surface area contributed by atoms with E-state index < -0.39 is 0 Å². The molecule has 6 nitrogen and oxygen atoms in total. The molecular weight excluding hydrogens is 468 g/mol. The predicted molar refractivity (Wildman–Crippen MR) is 149 cm³/mol. The van der Waals surface area contributed by atoms with Gasteiger partial charge >= 0.3 is 0 Å². The number of rotatable bonds is 10. The molecule has 2 N–H and O–H groups in total. The number of pyridine rings is 1. The van der Waals surface area contributed by atoms with Crippen molar-refractivity contribution >= 4 is 46.3 Å². The second kappa shape index (κ2) is 13.3. The monoisotopic (exact) mass is 502 g/mol. The third kappa shape index (κ3) is 7.19. The summed E-state index contributed by atoms with van der Waals surface area (Å²) in [5, 5.41) is 4.89. The van der Waals surface area contributed by atoms with E-state index in [1.807, 2.05) is 36.4 Å².